The van der Waals surface area contributed by atoms with Gasteiger partial charge in [-0.3, -0.25) is 4.79 Å². The van der Waals surface area contributed by atoms with Gasteiger partial charge in [-0.05, 0) is 17.7 Å². The molecule has 2 rings (SSSR count). The minimum absolute atomic E-state index is 0.234. The van der Waals surface area contributed by atoms with E-state index in [4.69, 9.17) is 10.5 Å². The zero-order chi connectivity index (χ0) is 13.8. The summed E-state index contributed by atoms with van der Waals surface area (Å²) in [7, 11) is 3.41. The molecule has 0 aromatic carbocycles. The molecule has 19 heavy (non-hydrogen) atoms. The predicted molar refractivity (Wildman–Crippen MR) is 72.0 cm³/mol. The third kappa shape index (κ3) is 3.04. The van der Waals surface area contributed by atoms with Gasteiger partial charge >= 0.3 is 0 Å². The summed E-state index contributed by atoms with van der Waals surface area (Å²) in [6.07, 6.45) is 5.59. The van der Waals surface area contributed by atoms with Crippen LogP contribution in [0.4, 0.5) is 5.69 Å². The van der Waals surface area contributed by atoms with Crippen molar-refractivity contribution in [1.82, 2.24) is 9.55 Å². The van der Waals surface area contributed by atoms with E-state index in [1.807, 2.05) is 30.1 Å². The molecule has 100 valence electrons. The topological polar surface area (TPSA) is 82.2 Å². The average molecular weight is 260 g/mol. The number of hydrogen-bond acceptors (Lipinski definition) is 4. The van der Waals surface area contributed by atoms with Crippen LogP contribution in [0, 0.1) is 0 Å². The quantitative estimate of drug-likeness (QED) is 0.844. The third-order valence-corrected chi connectivity index (χ3v) is 2.70. The van der Waals surface area contributed by atoms with Crippen LogP contribution in [0.2, 0.25) is 0 Å². The normalized spacial score (nSPS) is 10.2. The van der Waals surface area contributed by atoms with Gasteiger partial charge in [0, 0.05) is 26.0 Å². The lowest BCUT2D eigenvalue weighted by Crippen LogP contribution is -2.14. The molecule has 3 N–H and O–H groups in total. The van der Waals surface area contributed by atoms with Crippen LogP contribution in [0.15, 0.2) is 30.7 Å². The number of aromatic nitrogens is 2. The third-order valence-electron chi connectivity index (χ3n) is 2.70. The first kappa shape index (κ1) is 12.9. The van der Waals surface area contributed by atoms with Crippen LogP contribution in [0.5, 0.6) is 5.88 Å². The molecule has 6 heteroatoms. The molecule has 0 saturated carbocycles. The van der Waals surface area contributed by atoms with Gasteiger partial charge in [0.15, 0.2) is 0 Å². The SMILES string of the molecule is COc1ncc(NCc2ccn(C)c2)cc1C(N)=O. The lowest BCUT2D eigenvalue weighted by molar-refractivity contribution is 0.0996. The number of nitrogens with two attached hydrogens (primary N) is 1. The van der Waals surface area contributed by atoms with Crippen LogP contribution in [0.25, 0.3) is 0 Å². The number of carbonyl (C=O) groups is 1. The Labute approximate surface area is 111 Å². The van der Waals surface area contributed by atoms with E-state index in [0.29, 0.717) is 6.54 Å². The maximum atomic E-state index is 11.3. The zero-order valence-corrected chi connectivity index (χ0v) is 10.9. The van der Waals surface area contributed by atoms with Gasteiger partial charge in [-0.25, -0.2) is 4.98 Å². The van der Waals surface area contributed by atoms with E-state index < -0.39 is 5.91 Å². The predicted octanol–water partition coefficient (Wildman–Crippen LogP) is 1.14. The van der Waals surface area contributed by atoms with Crippen LogP contribution in [0.1, 0.15) is 15.9 Å². The van der Waals surface area contributed by atoms with E-state index in [2.05, 4.69) is 10.3 Å². The molecule has 0 radical (unpaired) electrons. The molecular formula is C13H16N4O2. The lowest BCUT2D eigenvalue weighted by atomic mass is 10.2. The van der Waals surface area contributed by atoms with Crippen LogP contribution >= 0.6 is 0 Å². The van der Waals surface area contributed by atoms with Crippen molar-refractivity contribution in [1.29, 1.82) is 0 Å². The van der Waals surface area contributed by atoms with E-state index in [9.17, 15) is 4.79 Å². The number of primary amides is 1. The highest BCUT2D eigenvalue weighted by Gasteiger charge is 2.11. The molecule has 2 heterocycles. The van der Waals surface area contributed by atoms with Crippen molar-refractivity contribution >= 4 is 11.6 Å². The van der Waals surface area contributed by atoms with E-state index in [0.717, 1.165) is 11.3 Å². The number of hydrogen-bond donors (Lipinski definition) is 2. The Morgan fingerprint density at radius 1 is 1.58 bits per heavy atom. The molecule has 0 atom stereocenters. The van der Waals surface area contributed by atoms with E-state index in [1.54, 1.807) is 12.3 Å². The number of ether oxygens (including phenoxy) is 1. The Bertz CT molecular complexity index is 592. The van der Waals surface area contributed by atoms with Gasteiger partial charge in [-0.15, -0.1) is 0 Å². The van der Waals surface area contributed by atoms with Gasteiger partial charge in [0.2, 0.25) is 5.88 Å². The molecule has 0 unspecified atom stereocenters. The molecule has 6 nitrogen and oxygen atoms in total. The Hall–Kier alpha value is -2.50. The van der Waals surface area contributed by atoms with Crippen molar-refractivity contribution < 1.29 is 9.53 Å². The summed E-state index contributed by atoms with van der Waals surface area (Å²) in [4.78, 5) is 15.3. The average Bonchev–Trinajstić information content (AvgIpc) is 2.81. The summed E-state index contributed by atoms with van der Waals surface area (Å²) in [5.74, 6) is -0.328. The molecule has 0 aliphatic heterocycles. The van der Waals surface area contributed by atoms with Gasteiger partial charge in [-0.2, -0.15) is 0 Å². The molecule has 1 amide bonds. The Kier molecular flexibility index (Phi) is 3.70. The zero-order valence-electron chi connectivity index (χ0n) is 10.9. The van der Waals surface area contributed by atoms with Crippen molar-refractivity contribution in [3.63, 3.8) is 0 Å². The smallest absolute Gasteiger partial charge is 0.254 e. The Morgan fingerprint density at radius 2 is 2.37 bits per heavy atom. The number of amides is 1. The van der Waals surface area contributed by atoms with E-state index in [-0.39, 0.29) is 11.4 Å². The van der Waals surface area contributed by atoms with Crippen LogP contribution < -0.4 is 15.8 Å². The van der Waals surface area contributed by atoms with E-state index in [1.165, 1.54) is 7.11 Å². The lowest BCUT2D eigenvalue weighted by Gasteiger charge is -2.08. The van der Waals surface area contributed by atoms with Crippen molar-refractivity contribution in [3.05, 3.63) is 41.9 Å². The molecule has 0 spiro atoms. The number of methoxy groups -OCH3 is 1. The van der Waals surface area contributed by atoms with Crippen LogP contribution in [-0.2, 0) is 13.6 Å². The summed E-state index contributed by atoms with van der Waals surface area (Å²) >= 11 is 0. The number of pyridine rings is 1. The second-order valence-electron chi connectivity index (χ2n) is 4.18. The standard InChI is InChI=1S/C13H16N4O2/c1-17-4-3-9(8-17)6-15-10-5-11(12(14)18)13(19-2)16-7-10/h3-5,7-8,15H,6H2,1-2H3,(H2,14,18). The fraction of sp³-hybridized carbons (Fsp3) is 0.231. The second kappa shape index (κ2) is 5.43. The van der Waals surface area contributed by atoms with Gasteiger partial charge in [0.1, 0.15) is 5.56 Å². The summed E-state index contributed by atoms with van der Waals surface area (Å²) in [5.41, 5.74) is 7.40. The number of aryl methyl sites for hydroxylation is 1. The summed E-state index contributed by atoms with van der Waals surface area (Å²) in [6, 6.07) is 3.65. The number of rotatable bonds is 5. The van der Waals surface area contributed by atoms with Gasteiger partial charge in [0.25, 0.3) is 5.91 Å². The molecular weight excluding hydrogens is 244 g/mol. The van der Waals surface area contributed by atoms with Crippen molar-refractivity contribution in [3.8, 4) is 5.88 Å². The van der Waals surface area contributed by atoms with Gasteiger partial charge < -0.3 is 20.4 Å². The Balaban J connectivity index is 2.12. The second-order valence-corrected chi connectivity index (χ2v) is 4.18. The van der Waals surface area contributed by atoms with Crippen molar-refractivity contribution in [2.45, 2.75) is 6.54 Å². The highest BCUT2D eigenvalue weighted by molar-refractivity contribution is 5.95. The van der Waals surface area contributed by atoms with Gasteiger partial charge in [0.05, 0.1) is 19.0 Å². The summed E-state index contributed by atoms with van der Waals surface area (Å²) < 4.78 is 6.96. The first-order valence-corrected chi connectivity index (χ1v) is 5.78. The number of nitrogens with one attached hydrogen (secondary N) is 1. The van der Waals surface area contributed by atoms with Crippen molar-refractivity contribution in [2.24, 2.45) is 12.8 Å². The molecule has 2 aromatic rings. The van der Waals surface area contributed by atoms with Crippen molar-refractivity contribution in [2.75, 3.05) is 12.4 Å². The van der Waals surface area contributed by atoms with E-state index >= 15 is 0 Å². The maximum absolute atomic E-state index is 11.3. The minimum atomic E-state index is -0.562. The van der Waals surface area contributed by atoms with Gasteiger partial charge in [-0.1, -0.05) is 0 Å². The first-order chi connectivity index (χ1) is 9.10. The fourth-order valence-electron chi connectivity index (χ4n) is 1.76. The highest BCUT2D eigenvalue weighted by Crippen LogP contribution is 2.19. The maximum Gasteiger partial charge on any atom is 0.254 e. The monoisotopic (exact) mass is 260 g/mol. The fourth-order valence-corrected chi connectivity index (χ4v) is 1.76. The highest BCUT2D eigenvalue weighted by atomic mass is 16.5. The molecule has 2 aromatic heterocycles. The first-order valence-electron chi connectivity index (χ1n) is 5.78. The number of anilines is 1. The molecule has 0 aliphatic carbocycles. The molecule has 0 aliphatic rings. The number of nitrogens with zero attached hydrogens (tertiary/aromatic N) is 2. The minimum Gasteiger partial charge on any atom is -0.480 e. The number of carbonyl (C=O) groups excluding carboxylic acids is 1. The van der Waals surface area contributed by atoms with Crippen LogP contribution in [-0.4, -0.2) is 22.6 Å². The molecule has 0 fully saturated rings. The summed E-state index contributed by atoms with van der Waals surface area (Å²) in [6.45, 7) is 0.646. The Morgan fingerprint density at radius 3 is 2.95 bits per heavy atom. The molecule has 0 saturated heterocycles. The summed E-state index contributed by atoms with van der Waals surface area (Å²) in [5, 5.41) is 3.18. The molecule has 0 bridgehead atoms. The largest absolute Gasteiger partial charge is 0.480 e. The van der Waals surface area contributed by atoms with Crippen LogP contribution in [0.3, 0.4) is 0 Å².